The summed E-state index contributed by atoms with van der Waals surface area (Å²) in [5.41, 5.74) is -0.165. The standard InChI is InChI=1S/C8H14ClF3N2/c1-14-5-7(2-9,6-14)3-13-4-8(10,11)12/h13H,2-6H2,1H3. The van der Waals surface area contributed by atoms with Gasteiger partial charge in [-0.05, 0) is 7.05 Å². The predicted molar refractivity (Wildman–Crippen MR) is 49.6 cm³/mol. The number of likely N-dealkylation sites (tertiary alicyclic amines) is 1. The van der Waals surface area contributed by atoms with Gasteiger partial charge in [0, 0.05) is 30.9 Å². The molecule has 0 aromatic heterocycles. The fraction of sp³-hybridized carbons (Fsp3) is 1.00. The third kappa shape index (κ3) is 3.29. The Bertz CT molecular complexity index is 190. The van der Waals surface area contributed by atoms with Crippen molar-refractivity contribution in [2.45, 2.75) is 6.18 Å². The summed E-state index contributed by atoms with van der Waals surface area (Å²) < 4.78 is 35.5. The van der Waals surface area contributed by atoms with E-state index in [1.165, 1.54) is 0 Å². The first-order valence-corrected chi connectivity index (χ1v) is 4.92. The lowest BCUT2D eigenvalue weighted by atomic mass is 9.82. The molecule has 0 aromatic carbocycles. The summed E-state index contributed by atoms with van der Waals surface area (Å²) in [4.78, 5) is 2.04. The van der Waals surface area contributed by atoms with Crippen LogP contribution in [-0.4, -0.2) is 50.2 Å². The van der Waals surface area contributed by atoms with Gasteiger partial charge in [-0.25, -0.2) is 0 Å². The lowest BCUT2D eigenvalue weighted by Gasteiger charge is -2.47. The van der Waals surface area contributed by atoms with Crippen molar-refractivity contribution >= 4 is 11.6 Å². The van der Waals surface area contributed by atoms with E-state index in [1.807, 2.05) is 11.9 Å². The maximum absolute atomic E-state index is 11.8. The number of nitrogens with zero attached hydrogens (tertiary/aromatic N) is 1. The first-order valence-electron chi connectivity index (χ1n) is 4.39. The summed E-state index contributed by atoms with van der Waals surface area (Å²) in [5, 5.41) is 2.40. The molecular formula is C8H14ClF3N2. The number of rotatable bonds is 4. The zero-order valence-corrected chi connectivity index (χ0v) is 8.75. The van der Waals surface area contributed by atoms with Crippen molar-refractivity contribution in [1.29, 1.82) is 0 Å². The van der Waals surface area contributed by atoms with Crippen molar-refractivity contribution in [3.05, 3.63) is 0 Å². The molecule has 6 heteroatoms. The Morgan fingerprint density at radius 3 is 2.36 bits per heavy atom. The van der Waals surface area contributed by atoms with Gasteiger partial charge in [-0.15, -0.1) is 11.6 Å². The smallest absolute Gasteiger partial charge is 0.308 e. The molecule has 0 atom stereocenters. The van der Waals surface area contributed by atoms with Gasteiger partial charge in [-0.3, -0.25) is 0 Å². The number of halogens is 4. The summed E-state index contributed by atoms with van der Waals surface area (Å²) in [6.45, 7) is 0.929. The Morgan fingerprint density at radius 1 is 1.43 bits per heavy atom. The molecule has 1 aliphatic rings. The van der Waals surface area contributed by atoms with Gasteiger partial charge in [0.25, 0.3) is 0 Å². The topological polar surface area (TPSA) is 15.3 Å². The molecule has 0 bridgehead atoms. The minimum absolute atomic E-state index is 0.165. The van der Waals surface area contributed by atoms with Crippen molar-refractivity contribution in [2.75, 3.05) is 39.1 Å². The van der Waals surface area contributed by atoms with Gasteiger partial charge in [0.1, 0.15) is 0 Å². The van der Waals surface area contributed by atoms with E-state index in [0.717, 1.165) is 13.1 Å². The lowest BCUT2D eigenvalue weighted by Crippen LogP contribution is -2.60. The third-order valence-corrected chi connectivity index (χ3v) is 2.89. The van der Waals surface area contributed by atoms with Crippen molar-refractivity contribution in [3.8, 4) is 0 Å². The van der Waals surface area contributed by atoms with Gasteiger partial charge in [0.05, 0.1) is 6.54 Å². The van der Waals surface area contributed by atoms with Crippen LogP contribution in [0.15, 0.2) is 0 Å². The summed E-state index contributed by atoms with van der Waals surface area (Å²) in [6, 6.07) is 0. The van der Waals surface area contributed by atoms with E-state index in [0.29, 0.717) is 12.4 Å². The highest BCUT2D eigenvalue weighted by molar-refractivity contribution is 6.18. The zero-order valence-electron chi connectivity index (χ0n) is 7.99. The Labute approximate surface area is 86.4 Å². The molecule has 0 saturated carbocycles. The molecule has 1 fully saturated rings. The van der Waals surface area contributed by atoms with Crippen LogP contribution in [0.1, 0.15) is 0 Å². The lowest BCUT2D eigenvalue weighted by molar-refractivity contribution is -0.126. The molecule has 0 unspecified atom stereocenters. The van der Waals surface area contributed by atoms with Gasteiger partial charge < -0.3 is 10.2 Å². The maximum Gasteiger partial charge on any atom is 0.401 e. The second-order valence-corrected chi connectivity index (χ2v) is 4.29. The summed E-state index contributed by atoms with van der Waals surface area (Å²) in [7, 11) is 1.93. The number of hydrogen-bond donors (Lipinski definition) is 1. The second-order valence-electron chi connectivity index (χ2n) is 4.02. The van der Waals surface area contributed by atoms with E-state index in [2.05, 4.69) is 5.32 Å². The van der Waals surface area contributed by atoms with Crippen LogP contribution in [0.4, 0.5) is 13.2 Å². The molecule has 1 saturated heterocycles. The Kier molecular flexibility index (Phi) is 3.66. The largest absolute Gasteiger partial charge is 0.401 e. The molecule has 0 spiro atoms. The SMILES string of the molecule is CN1CC(CCl)(CNCC(F)(F)F)C1. The minimum atomic E-state index is -4.14. The van der Waals surface area contributed by atoms with Crippen LogP contribution in [-0.2, 0) is 0 Å². The van der Waals surface area contributed by atoms with Crippen molar-refractivity contribution in [1.82, 2.24) is 10.2 Å². The average molecular weight is 231 g/mol. The fourth-order valence-corrected chi connectivity index (χ4v) is 2.08. The molecule has 1 rings (SSSR count). The molecule has 1 heterocycles. The minimum Gasteiger partial charge on any atom is -0.308 e. The molecule has 2 nitrogen and oxygen atoms in total. The average Bonchev–Trinajstić information content (AvgIpc) is 1.98. The molecule has 84 valence electrons. The van der Waals surface area contributed by atoms with Gasteiger partial charge in [0.2, 0.25) is 0 Å². The Morgan fingerprint density at radius 2 is 2.00 bits per heavy atom. The molecule has 1 N–H and O–H groups in total. The maximum atomic E-state index is 11.8. The van der Waals surface area contributed by atoms with Crippen LogP contribution in [0.2, 0.25) is 0 Å². The normalized spacial score (nSPS) is 22.1. The van der Waals surface area contributed by atoms with Crippen LogP contribution in [0.25, 0.3) is 0 Å². The first-order chi connectivity index (χ1) is 6.37. The van der Waals surface area contributed by atoms with Gasteiger partial charge >= 0.3 is 6.18 Å². The van der Waals surface area contributed by atoms with Crippen molar-refractivity contribution < 1.29 is 13.2 Å². The molecule has 14 heavy (non-hydrogen) atoms. The molecule has 0 aromatic rings. The third-order valence-electron chi connectivity index (χ3n) is 2.32. The summed E-state index contributed by atoms with van der Waals surface area (Å²) in [6.07, 6.45) is -4.14. The van der Waals surface area contributed by atoms with Crippen LogP contribution in [0, 0.1) is 5.41 Å². The molecule has 1 aliphatic heterocycles. The Hall–Kier alpha value is -0.0000000000000000555. The molecule has 0 aliphatic carbocycles. The molecular weight excluding hydrogens is 217 g/mol. The first kappa shape index (κ1) is 12.1. The summed E-state index contributed by atoms with van der Waals surface area (Å²) in [5.74, 6) is 0.405. The number of hydrogen-bond acceptors (Lipinski definition) is 2. The van der Waals surface area contributed by atoms with Crippen molar-refractivity contribution in [3.63, 3.8) is 0 Å². The molecule has 0 amide bonds. The van der Waals surface area contributed by atoms with Gasteiger partial charge in [0.15, 0.2) is 0 Å². The highest BCUT2D eigenvalue weighted by Gasteiger charge is 2.40. The second kappa shape index (κ2) is 4.24. The van der Waals surface area contributed by atoms with E-state index in [-0.39, 0.29) is 5.41 Å². The van der Waals surface area contributed by atoms with E-state index in [1.54, 1.807) is 0 Å². The van der Waals surface area contributed by atoms with Crippen LogP contribution in [0.5, 0.6) is 0 Å². The highest BCUT2D eigenvalue weighted by Crippen LogP contribution is 2.29. The predicted octanol–water partition coefficient (Wildman–Crippen LogP) is 1.31. The van der Waals surface area contributed by atoms with Crippen LogP contribution < -0.4 is 5.32 Å². The van der Waals surface area contributed by atoms with Gasteiger partial charge in [-0.1, -0.05) is 0 Å². The fourth-order valence-electron chi connectivity index (χ4n) is 1.81. The number of nitrogens with one attached hydrogen (secondary N) is 1. The quantitative estimate of drug-likeness (QED) is 0.733. The van der Waals surface area contributed by atoms with Crippen LogP contribution in [0.3, 0.4) is 0 Å². The van der Waals surface area contributed by atoms with E-state index in [4.69, 9.17) is 11.6 Å². The number of alkyl halides is 4. The summed E-state index contributed by atoms with van der Waals surface area (Å²) >= 11 is 5.73. The van der Waals surface area contributed by atoms with Crippen LogP contribution >= 0.6 is 11.6 Å². The van der Waals surface area contributed by atoms with E-state index < -0.39 is 12.7 Å². The Balaban J connectivity index is 2.23. The highest BCUT2D eigenvalue weighted by atomic mass is 35.5. The zero-order chi connectivity index (χ0) is 10.8. The van der Waals surface area contributed by atoms with E-state index in [9.17, 15) is 13.2 Å². The molecule has 0 radical (unpaired) electrons. The monoisotopic (exact) mass is 230 g/mol. The van der Waals surface area contributed by atoms with Gasteiger partial charge in [-0.2, -0.15) is 13.2 Å². The van der Waals surface area contributed by atoms with E-state index >= 15 is 0 Å². The van der Waals surface area contributed by atoms with Crippen molar-refractivity contribution in [2.24, 2.45) is 5.41 Å².